The molecule has 0 heterocycles. The third-order valence-corrected chi connectivity index (χ3v) is 4.69. The normalized spacial score (nSPS) is 11.9. The summed E-state index contributed by atoms with van der Waals surface area (Å²) in [4.78, 5) is 23.3. The predicted octanol–water partition coefficient (Wildman–Crippen LogP) is 3.14. The van der Waals surface area contributed by atoms with Crippen molar-refractivity contribution in [1.82, 2.24) is 10.6 Å². The van der Waals surface area contributed by atoms with Crippen molar-refractivity contribution in [1.29, 1.82) is 0 Å². The van der Waals surface area contributed by atoms with Crippen LogP contribution < -0.4 is 10.6 Å². The number of halogens is 1. The summed E-state index contributed by atoms with van der Waals surface area (Å²) in [7, 11) is 0. The Bertz CT molecular complexity index is 541. The number of rotatable bonds is 5. The Morgan fingerprint density at radius 2 is 1.76 bits per heavy atom. The molecule has 21 heavy (non-hydrogen) atoms. The highest BCUT2D eigenvalue weighted by atomic mass is 79.9. The number of carbonyl (C=O) groups excluding carboxylic acids is 1. The topological polar surface area (TPSA) is 78.4 Å². The highest BCUT2D eigenvalue weighted by molar-refractivity contribution is 9.10. The average molecular weight is 357 g/mol. The molecule has 0 saturated heterocycles. The zero-order valence-electron chi connectivity index (χ0n) is 12.7. The first-order valence-electron chi connectivity index (χ1n) is 6.61. The summed E-state index contributed by atoms with van der Waals surface area (Å²) in [5.74, 6) is -0.960. The summed E-state index contributed by atoms with van der Waals surface area (Å²) < 4.78 is 0.912. The molecule has 2 amide bonds. The molecule has 1 rings (SSSR count). The van der Waals surface area contributed by atoms with E-state index < -0.39 is 23.0 Å². The molecule has 0 aliphatic carbocycles. The molecule has 0 radical (unpaired) electrons. The van der Waals surface area contributed by atoms with Crippen LogP contribution in [0.5, 0.6) is 0 Å². The fourth-order valence-corrected chi connectivity index (χ4v) is 1.99. The molecule has 0 unspecified atom stereocenters. The van der Waals surface area contributed by atoms with Gasteiger partial charge in [-0.3, -0.25) is 4.79 Å². The molecule has 0 bridgehead atoms. The number of hydrogen-bond donors (Lipinski definition) is 3. The molecule has 0 spiro atoms. The van der Waals surface area contributed by atoms with Crippen molar-refractivity contribution in [2.45, 2.75) is 39.8 Å². The molecule has 0 aliphatic heterocycles. The summed E-state index contributed by atoms with van der Waals surface area (Å²) in [5, 5.41) is 14.7. The molecule has 0 saturated carbocycles. The van der Waals surface area contributed by atoms with E-state index in [1.807, 2.05) is 24.3 Å². The summed E-state index contributed by atoms with van der Waals surface area (Å²) in [6.07, 6.45) is 0. The summed E-state index contributed by atoms with van der Waals surface area (Å²) in [5.41, 5.74) is -1.03. The van der Waals surface area contributed by atoms with Crippen LogP contribution in [0.2, 0.25) is 0 Å². The smallest absolute Gasteiger partial charge is 0.315 e. The zero-order chi connectivity index (χ0) is 16.3. The SMILES string of the molecule is CC(C)(NC(=O)NCc1ccccc1Br)C(C)(C)C(=O)O. The number of carbonyl (C=O) groups is 2. The van der Waals surface area contributed by atoms with Crippen molar-refractivity contribution in [2.24, 2.45) is 5.41 Å². The zero-order valence-corrected chi connectivity index (χ0v) is 14.2. The molecular weight excluding hydrogens is 336 g/mol. The van der Waals surface area contributed by atoms with Gasteiger partial charge in [-0.1, -0.05) is 34.1 Å². The predicted molar refractivity (Wildman–Crippen MR) is 85.0 cm³/mol. The van der Waals surface area contributed by atoms with E-state index in [9.17, 15) is 14.7 Å². The standard InChI is InChI=1S/C15H21BrN2O3/c1-14(2,12(19)20)15(3,4)18-13(21)17-9-10-7-5-6-8-11(10)16/h5-8H,9H2,1-4H3,(H,19,20)(H2,17,18,21). The molecule has 0 aliphatic rings. The van der Waals surface area contributed by atoms with Gasteiger partial charge >= 0.3 is 12.0 Å². The molecule has 0 atom stereocenters. The maximum absolute atomic E-state index is 12.0. The second-order valence-electron chi connectivity index (χ2n) is 5.95. The Balaban J connectivity index is 2.66. The molecular formula is C15H21BrN2O3. The largest absolute Gasteiger partial charge is 0.481 e. The second-order valence-corrected chi connectivity index (χ2v) is 6.81. The van der Waals surface area contributed by atoms with Gasteiger partial charge in [0.05, 0.1) is 11.0 Å². The quantitative estimate of drug-likeness (QED) is 0.758. The second kappa shape index (κ2) is 6.47. The van der Waals surface area contributed by atoms with Gasteiger partial charge in [-0.15, -0.1) is 0 Å². The Labute approximate surface area is 133 Å². The minimum atomic E-state index is -1.09. The van der Waals surface area contributed by atoms with Crippen LogP contribution in [-0.4, -0.2) is 22.6 Å². The van der Waals surface area contributed by atoms with E-state index >= 15 is 0 Å². The van der Waals surface area contributed by atoms with Gasteiger partial charge in [0.1, 0.15) is 0 Å². The molecule has 6 heteroatoms. The minimum Gasteiger partial charge on any atom is -0.481 e. The number of benzene rings is 1. The van der Waals surface area contributed by atoms with Gasteiger partial charge in [-0.05, 0) is 39.3 Å². The van der Waals surface area contributed by atoms with Crippen LogP contribution in [0.15, 0.2) is 28.7 Å². The highest BCUT2D eigenvalue weighted by Crippen LogP contribution is 2.30. The minimum absolute atomic E-state index is 0.358. The van der Waals surface area contributed by atoms with E-state index in [2.05, 4.69) is 26.6 Å². The van der Waals surface area contributed by atoms with Crippen molar-refractivity contribution in [3.63, 3.8) is 0 Å². The molecule has 1 aromatic carbocycles. The fraction of sp³-hybridized carbons (Fsp3) is 0.467. The maximum atomic E-state index is 12.0. The molecule has 1 aromatic rings. The Kier molecular flexibility index (Phi) is 5.39. The lowest BCUT2D eigenvalue weighted by Crippen LogP contribution is -2.58. The summed E-state index contributed by atoms with van der Waals surface area (Å²) in [6, 6.07) is 7.18. The van der Waals surface area contributed by atoms with E-state index in [0.717, 1.165) is 10.0 Å². The first-order valence-corrected chi connectivity index (χ1v) is 7.40. The Hall–Kier alpha value is -1.56. The van der Waals surface area contributed by atoms with Crippen LogP contribution in [0.4, 0.5) is 4.79 Å². The van der Waals surface area contributed by atoms with Gasteiger partial charge < -0.3 is 15.7 Å². The van der Waals surface area contributed by atoms with Gasteiger partial charge in [-0.25, -0.2) is 4.79 Å². The van der Waals surface area contributed by atoms with Gasteiger partial charge in [0, 0.05) is 11.0 Å². The van der Waals surface area contributed by atoms with Gasteiger partial charge in [-0.2, -0.15) is 0 Å². The lowest BCUT2D eigenvalue weighted by atomic mass is 9.74. The van der Waals surface area contributed by atoms with E-state index in [-0.39, 0.29) is 0 Å². The van der Waals surface area contributed by atoms with Crippen LogP contribution >= 0.6 is 15.9 Å². The number of carboxylic acid groups (broad SMARTS) is 1. The van der Waals surface area contributed by atoms with E-state index in [0.29, 0.717) is 6.54 Å². The summed E-state index contributed by atoms with van der Waals surface area (Å²) >= 11 is 3.41. The Morgan fingerprint density at radius 3 is 2.29 bits per heavy atom. The number of aliphatic carboxylic acids is 1. The van der Waals surface area contributed by atoms with Crippen molar-refractivity contribution >= 4 is 27.9 Å². The van der Waals surface area contributed by atoms with Crippen LogP contribution in [-0.2, 0) is 11.3 Å². The van der Waals surface area contributed by atoms with Crippen LogP contribution in [0.25, 0.3) is 0 Å². The van der Waals surface area contributed by atoms with Crippen molar-refractivity contribution in [3.8, 4) is 0 Å². The highest BCUT2D eigenvalue weighted by Gasteiger charge is 2.44. The first-order chi connectivity index (χ1) is 9.58. The molecule has 3 N–H and O–H groups in total. The number of urea groups is 1. The molecule has 0 fully saturated rings. The number of nitrogens with one attached hydrogen (secondary N) is 2. The third kappa shape index (κ3) is 4.20. The molecule has 116 valence electrons. The lowest BCUT2D eigenvalue weighted by molar-refractivity contribution is -0.150. The van der Waals surface area contributed by atoms with Gasteiger partial charge in [0.25, 0.3) is 0 Å². The first kappa shape index (κ1) is 17.5. The van der Waals surface area contributed by atoms with E-state index in [1.54, 1.807) is 27.7 Å². The van der Waals surface area contributed by atoms with Crippen molar-refractivity contribution < 1.29 is 14.7 Å². The summed E-state index contributed by atoms with van der Waals surface area (Å²) in [6.45, 7) is 6.92. The Morgan fingerprint density at radius 1 is 1.19 bits per heavy atom. The van der Waals surface area contributed by atoms with Crippen LogP contribution in [0.1, 0.15) is 33.3 Å². The van der Waals surface area contributed by atoms with Gasteiger partial charge in [0.2, 0.25) is 0 Å². The number of amides is 2. The van der Waals surface area contributed by atoms with Crippen LogP contribution in [0, 0.1) is 5.41 Å². The molecule has 0 aromatic heterocycles. The van der Waals surface area contributed by atoms with Crippen LogP contribution in [0.3, 0.4) is 0 Å². The number of hydrogen-bond acceptors (Lipinski definition) is 2. The fourth-order valence-electron chi connectivity index (χ4n) is 1.57. The maximum Gasteiger partial charge on any atom is 0.315 e. The van der Waals surface area contributed by atoms with E-state index in [4.69, 9.17) is 0 Å². The van der Waals surface area contributed by atoms with Crippen molar-refractivity contribution in [3.05, 3.63) is 34.3 Å². The molecule has 5 nitrogen and oxygen atoms in total. The lowest BCUT2D eigenvalue weighted by Gasteiger charge is -2.38. The van der Waals surface area contributed by atoms with Crippen molar-refractivity contribution in [2.75, 3.05) is 0 Å². The number of carboxylic acids is 1. The average Bonchev–Trinajstić information content (AvgIpc) is 2.36. The third-order valence-electron chi connectivity index (χ3n) is 3.92. The monoisotopic (exact) mass is 356 g/mol. The van der Waals surface area contributed by atoms with E-state index in [1.165, 1.54) is 0 Å². The van der Waals surface area contributed by atoms with Gasteiger partial charge in [0.15, 0.2) is 0 Å².